The number of piperidine rings is 1. The second kappa shape index (κ2) is 6.68. The lowest BCUT2D eigenvalue weighted by Gasteiger charge is -2.29. The molecule has 0 aliphatic carbocycles. The average molecular weight is 279 g/mol. The number of hydrogen-bond donors (Lipinski definition) is 0. The number of rotatable bonds is 4. The van der Waals surface area contributed by atoms with E-state index in [1.54, 1.807) is 0 Å². The summed E-state index contributed by atoms with van der Waals surface area (Å²) in [7, 11) is 0. The maximum atomic E-state index is 10.8. The first-order valence-electron chi connectivity index (χ1n) is 7.67. The highest BCUT2D eigenvalue weighted by Crippen LogP contribution is 2.21. The molecule has 2 heteroatoms. The van der Waals surface area contributed by atoms with E-state index in [2.05, 4.69) is 53.4 Å². The highest BCUT2D eigenvalue weighted by Gasteiger charge is 2.18. The second-order valence-electron chi connectivity index (χ2n) is 5.81. The molecule has 0 spiro atoms. The lowest BCUT2D eigenvalue weighted by Crippen LogP contribution is -2.33. The first-order valence-corrected chi connectivity index (χ1v) is 7.67. The Bertz CT molecular complexity index is 568. The monoisotopic (exact) mass is 279 g/mol. The summed E-state index contributed by atoms with van der Waals surface area (Å²) in [6.07, 6.45) is 3.13. The molecule has 0 aromatic heterocycles. The molecule has 1 aliphatic heterocycles. The van der Waals surface area contributed by atoms with Crippen LogP contribution in [0.4, 0.5) is 0 Å². The number of nitrogens with zero attached hydrogens (tertiary/aromatic N) is 1. The molecular weight excluding hydrogens is 258 g/mol. The van der Waals surface area contributed by atoms with Crippen LogP contribution >= 0.6 is 0 Å². The number of likely N-dealkylation sites (tertiary alicyclic amines) is 1. The van der Waals surface area contributed by atoms with Crippen molar-refractivity contribution < 1.29 is 4.79 Å². The van der Waals surface area contributed by atoms with E-state index < -0.39 is 0 Å². The van der Waals surface area contributed by atoms with E-state index in [1.165, 1.54) is 16.7 Å². The zero-order chi connectivity index (χ0) is 14.5. The Morgan fingerprint density at radius 1 is 0.905 bits per heavy atom. The van der Waals surface area contributed by atoms with Crippen LogP contribution in [0.1, 0.15) is 18.4 Å². The number of carbonyl (C=O) groups is 1. The van der Waals surface area contributed by atoms with Gasteiger partial charge in [0, 0.05) is 12.5 Å². The van der Waals surface area contributed by atoms with Crippen molar-refractivity contribution in [3.05, 3.63) is 60.2 Å². The van der Waals surface area contributed by atoms with Crippen LogP contribution in [0.15, 0.2) is 54.6 Å². The van der Waals surface area contributed by atoms with Gasteiger partial charge in [-0.25, -0.2) is 0 Å². The molecule has 2 aromatic carbocycles. The fourth-order valence-electron chi connectivity index (χ4n) is 2.94. The van der Waals surface area contributed by atoms with E-state index in [1.807, 2.05) is 6.07 Å². The van der Waals surface area contributed by atoms with Crippen LogP contribution in [0.3, 0.4) is 0 Å². The summed E-state index contributed by atoms with van der Waals surface area (Å²) >= 11 is 0. The molecule has 1 fully saturated rings. The number of hydrogen-bond acceptors (Lipinski definition) is 2. The van der Waals surface area contributed by atoms with Crippen LogP contribution in [0.2, 0.25) is 0 Å². The Labute approximate surface area is 126 Å². The molecule has 21 heavy (non-hydrogen) atoms. The topological polar surface area (TPSA) is 20.3 Å². The van der Waals surface area contributed by atoms with E-state index in [9.17, 15) is 4.79 Å². The van der Waals surface area contributed by atoms with Crippen molar-refractivity contribution in [3.8, 4) is 11.1 Å². The van der Waals surface area contributed by atoms with Gasteiger partial charge in [0.05, 0.1) is 0 Å². The third-order valence-electron chi connectivity index (χ3n) is 4.29. The molecule has 0 bridgehead atoms. The van der Waals surface area contributed by atoms with Crippen LogP contribution in [0.25, 0.3) is 11.1 Å². The molecular formula is C19H21NO. The van der Waals surface area contributed by atoms with Crippen molar-refractivity contribution in [1.29, 1.82) is 0 Å². The SMILES string of the molecule is O=CC1CCN(Cc2ccc(-c3ccccc3)cc2)CC1. The van der Waals surface area contributed by atoms with Crippen LogP contribution in [0.5, 0.6) is 0 Å². The Morgan fingerprint density at radius 2 is 1.52 bits per heavy atom. The first-order chi connectivity index (χ1) is 10.3. The van der Waals surface area contributed by atoms with Gasteiger partial charge in [0.15, 0.2) is 0 Å². The summed E-state index contributed by atoms with van der Waals surface area (Å²) in [6.45, 7) is 3.05. The molecule has 1 aliphatic rings. The molecule has 1 saturated heterocycles. The van der Waals surface area contributed by atoms with E-state index in [-0.39, 0.29) is 5.92 Å². The maximum absolute atomic E-state index is 10.8. The van der Waals surface area contributed by atoms with Crippen molar-refractivity contribution >= 4 is 6.29 Å². The molecule has 2 nitrogen and oxygen atoms in total. The fourth-order valence-corrected chi connectivity index (χ4v) is 2.94. The Kier molecular flexibility index (Phi) is 4.46. The summed E-state index contributed by atoms with van der Waals surface area (Å²) in [5, 5.41) is 0. The van der Waals surface area contributed by atoms with Gasteiger partial charge in [-0.05, 0) is 42.6 Å². The fraction of sp³-hybridized carbons (Fsp3) is 0.316. The maximum Gasteiger partial charge on any atom is 0.123 e. The Balaban J connectivity index is 1.61. The average Bonchev–Trinajstić information content (AvgIpc) is 2.57. The molecule has 0 unspecified atom stereocenters. The van der Waals surface area contributed by atoms with Crippen LogP contribution < -0.4 is 0 Å². The van der Waals surface area contributed by atoms with Gasteiger partial charge in [-0.3, -0.25) is 4.90 Å². The van der Waals surface area contributed by atoms with Gasteiger partial charge in [-0.15, -0.1) is 0 Å². The van der Waals surface area contributed by atoms with E-state index in [0.717, 1.165) is 38.8 Å². The minimum Gasteiger partial charge on any atom is -0.303 e. The molecule has 0 atom stereocenters. The van der Waals surface area contributed by atoms with Gasteiger partial charge in [0.25, 0.3) is 0 Å². The summed E-state index contributed by atoms with van der Waals surface area (Å²) in [5.74, 6) is 0.279. The van der Waals surface area contributed by atoms with Crippen molar-refractivity contribution in [2.75, 3.05) is 13.1 Å². The quantitative estimate of drug-likeness (QED) is 0.794. The highest BCUT2D eigenvalue weighted by molar-refractivity contribution is 5.63. The van der Waals surface area contributed by atoms with E-state index in [4.69, 9.17) is 0 Å². The normalized spacial score (nSPS) is 16.8. The van der Waals surface area contributed by atoms with E-state index in [0.29, 0.717) is 0 Å². The third-order valence-corrected chi connectivity index (χ3v) is 4.29. The van der Waals surface area contributed by atoms with Crippen LogP contribution in [0, 0.1) is 5.92 Å². The van der Waals surface area contributed by atoms with Crippen molar-refractivity contribution in [2.24, 2.45) is 5.92 Å². The predicted molar refractivity (Wildman–Crippen MR) is 85.9 cm³/mol. The summed E-state index contributed by atoms with van der Waals surface area (Å²) in [4.78, 5) is 13.2. The Morgan fingerprint density at radius 3 is 2.14 bits per heavy atom. The van der Waals surface area contributed by atoms with Crippen molar-refractivity contribution in [1.82, 2.24) is 4.90 Å². The smallest absolute Gasteiger partial charge is 0.123 e. The van der Waals surface area contributed by atoms with Crippen LogP contribution in [-0.4, -0.2) is 24.3 Å². The molecule has 0 radical (unpaired) electrons. The molecule has 3 rings (SSSR count). The molecule has 0 N–H and O–H groups in total. The molecule has 0 saturated carbocycles. The second-order valence-corrected chi connectivity index (χ2v) is 5.81. The number of aldehydes is 1. The third kappa shape index (κ3) is 3.59. The van der Waals surface area contributed by atoms with Gasteiger partial charge in [0.1, 0.15) is 6.29 Å². The summed E-state index contributed by atoms with van der Waals surface area (Å²) < 4.78 is 0. The molecule has 2 aromatic rings. The van der Waals surface area contributed by atoms with Gasteiger partial charge < -0.3 is 4.79 Å². The number of carbonyl (C=O) groups excluding carboxylic acids is 1. The van der Waals surface area contributed by atoms with Crippen molar-refractivity contribution in [3.63, 3.8) is 0 Å². The minimum atomic E-state index is 0.279. The minimum absolute atomic E-state index is 0.279. The zero-order valence-corrected chi connectivity index (χ0v) is 12.2. The van der Waals surface area contributed by atoms with Crippen LogP contribution in [-0.2, 0) is 11.3 Å². The molecule has 108 valence electrons. The van der Waals surface area contributed by atoms with E-state index >= 15 is 0 Å². The predicted octanol–water partition coefficient (Wildman–Crippen LogP) is 3.76. The summed E-state index contributed by atoms with van der Waals surface area (Å²) in [5.41, 5.74) is 3.87. The van der Waals surface area contributed by atoms with Gasteiger partial charge in [0.2, 0.25) is 0 Å². The van der Waals surface area contributed by atoms with Crippen molar-refractivity contribution in [2.45, 2.75) is 19.4 Å². The standard InChI is InChI=1S/C19H21NO/c21-15-17-10-12-20(13-11-17)14-16-6-8-19(9-7-16)18-4-2-1-3-5-18/h1-9,15,17H,10-14H2. The molecule has 0 amide bonds. The molecule has 1 heterocycles. The Hall–Kier alpha value is -1.93. The zero-order valence-electron chi connectivity index (χ0n) is 12.2. The van der Waals surface area contributed by atoms with Gasteiger partial charge in [-0.2, -0.15) is 0 Å². The van der Waals surface area contributed by atoms with Gasteiger partial charge >= 0.3 is 0 Å². The lowest BCUT2D eigenvalue weighted by atomic mass is 9.98. The van der Waals surface area contributed by atoms with Gasteiger partial charge in [-0.1, -0.05) is 54.6 Å². The number of benzene rings is 2. The lowest BCUT2D eigenvalue weighted by molar-refractivity contribution is -0.112. The largest absolute Gasteiger partial charge is 0.303 e. The highest BCUT2D eigenvalue weighted by atomic mass is 16.1. The first kappa shape index (κ1) is 14.0. The summed E-state index contributed by atoms with van der Waals surface area (Å²) in [6, 6.07) is 19.3.